The number of aromatic carboxylic acids is 1. The number of para-hydroxylation sites is 1. The molecule has 2 aromatic carbocycles. The number of benzene rings is 2. The topological polar surface area (TPSA) is 58.6 Å². The monoisotopic (exact) mass is 281 g/mol. The van der Waals surface area contributed by atoms with Crippen LogP contribution in [0.25, 0.3) is 0 Å². The third-order valence-electron chi connectivity index (χ3n) is 4.32. The number of ether oxygens (including phenoxy) is 1. The van der Waals surface area contributed by atoms with Gasteiger partial charge in [-0.05, 0) is 36.2 Å². The lowest BCUT2D eigenvalue weighted by Crippen LogP contribution is -2.35. The van der Waals surface area contributed by atoms with Gasteiger partial charge >= 0.3 is 5.97 Å². The summed E-state index contributed by atoms with van der Waals surface area (Å²) in [7, 11) is 0. The highest BCUT2D eigenvalue weighted by Gasteiger charge is 2.34. The molecule has 4 heteroatoms. The average Bonchev–Trinajstić information content (AvgIpc) is 2.52. The molecule has 2 aliphatic heterocycles. The van der Waals surface area contributed by atoms with Crippen molar-refractivity contribution in [1.82, 2.24) is 0 Å². The maximum absolute atomic E-state index is 11.1. The van der Waals surface area contributed by atoms with Crippen LogP contribution in [0.5, 0.6) is 5.75 Å². The van der Waals surface area contributed by atoms with Crippen LogP contribution in [0, 0.1) is 5.92 Å². The van der Waals surface area contributed by atoms with Gasteiger partial charge < -0.3 is 15.2 Å². The van der Waals surface area contributed by atoms with E-state index in [4.69, 9.17) is 9.84 Å². The Morgan fingerprint density at radius 3 is 2.95 bits per heavy atom. The fourth-order valence-corrected chi connectivity index (χ4v) is 3.27. The van der Waals surface area contributed by atoms with Crippen molar-refractivity contribution in [2.45, 2.75) is 12.5 Å². The molecule has 4 nitrogen and oxygen atoms in total. The van der Waals surface area contributed by atoms with Crippen molar-refractivity contribution in [2.24, 2.45) is 5.92 Å². The highest BCUT2D eigenvalue weighted by Crippen LogP contribution is 2.43. The third kappa shape index (κ3) is 1.95. The Morgan fingerprint density at radius 2 is 2.10 bits per heavy atom. The smallest absolute Gasteiger partial charge is 0.335 e. The molecule has 0 radical (unpaired) electrons. The predicted octanol–water partition coefficient (Wildman–Crippen LogP) is 3.10. The fourth-order valence-electron chi connectivity index (χ4n) is 3.27. The molecule has 0 bridgehead atoms. The number of carboxylic acid groups (broad SMARTS) is 1. The van der Waals surface area contributed by atoms with Crippen molar-refractivity contribution >= 4 is 11.7 Å². The molecule has 2 aromatic rings. The molecule has 21 heavy (non-hydrogen) atoms. The summed E-state index contributed by atoms with van der Waals surface area (Å²) in [5.41, 5.74) is 3.60. The highest BCUT2D eigenvalue weighted by atomic mass is 16.5. The second-order valence-electron chi connectivity index (χ2n) is 5.61. The van der Waals surface area contributed by atoms with Gasteiger partial charge in [-0.1, -0.05) is 18.2 Å². The highest BCUT2D eigenvalue weighted by molar-refractivity contribution is 5.88. The molecule has 106 valence electrons. The second-order valence-corrected chi connectivity index (χ2v) is 5.61. The summed E-state index contributed by atoms with van der Waals surface area (Å²) in [4.78, 5) is 11.1. The molecule has 0 amide bonds. The lowest BCUT2D eigenvalue weighted by Gasteiger charge is -2.39. The van der Waals surface area contributed by atoms with E-state index in [1.54, 1.807) is 12.1 Å². The molecule has 0 aromatic heterocycles. The number of rotatable bonds is 1. The quantitative estimate of drug-likeness (QED) is 0.843. The van der Waals surface area contributed by atoms with Gasteiger partial charge in [-0.2, -0.15) is 0 Å². The van der Waals surface area contributed by atoms with Crippen LogP contribution in [-0.2, 0) is 6.42 Å². The SMILES string of the molecule is O=C(O)c1ccc2c(c1)CC1COc3ccccc3C1N2. The van der Waals surface area contributed by atoms with Gasteiger partial charge in [-0.15, -0.1) is 0 Å². The Morgan fingerprint density at radius 1 is 1.24 bits per heavy atom. The lowest BCUT2D eigenvalue weighted by molar-refractivity contribution is 0.0696. The number of nitrogens with one attached hydrogen (secondary N) is 1. The van der Waals surface area contributed by atoms with Crippen molar-refractivity contribution < 1.29 is 14.6 Å². The lowest BCUT2D eigenvalue weighted by atomic mass is 9.82. The van der Waals surface area contributed by atoms with Gasteiger partial charge in [0.05, 0.1) is 18.2 Å². The molecular weight excluding hydrogens is 266 g/mol. The molecule has 0 saturated carbocycles. The summed E-state index contributed by atoms with van der Waals surface area (Å²) in [6.07, 6.45) is 0.836. The first-order valence-corrected chi connectivity index (χ1v) is 7.07. The molecule has 2 unspecified atom stereocenters. The Bertz CT molecular complexity index is 726. The zero-order valence-electron chi connectivity index (χ0n) is 11.4. The van der Waals surface area contributed by atoms with E-state index in [-0.39, 0.29) is 6.04 Å². The summed E-state index contributed by atoms with van der Waals surface area (Å²) in [6.45, 7) is 0.658. The molecular formula is C17H15NO3. The molecule has 0 saturated heterocycles. The van der Waals surface area contributed by atoms with Gasteiger partial charge in [0, 0.05) is 17.2 Å². The van der Waals surface area contributed by atoms with Crippen LogP contribution in [-0.4, -0.2) is 17.7 Å². The van der Waals surface area contributed by atoms with E-state index < -0.39 is 5.97 Å². The summed E-state index contributed by atoms with van der Waals surface area (Å²) in [6, 6.07) is 13.6. The van der Waals surface area contributed by atoms with Gasteiger partial charge in [0.15, 0.2) is 0 Å². The van der Waals surface area contributed by atoms with Crippen molar-refractivity contribution in [2.75, 3.05) is 11.9 Å². The first-order chi connectivity index (χ1) is 10.2. The summed E-state index contributed by atoms with van der Waals surface area (Å²) < 4.78 is 5.83. The van der Waals surface area contributed by atoms with Crippen LogP contribution in [0.15, 0.2) is 42.5 Å². The number of hydrogen-bond acceptors (Lipinski definition) is 3. The van der Waals surface area contributed by atoms with E-state index in [1.807, 2.05) is 24.3 Å². The van der Waals surface area contributed by atoms with Crippen LogP contribution < -0.4 is 10.1 Å². The Hall–Kier alpha value is -2.49. The minimum atomic E-state index is -0.884. The van der Waals surface area contributed by atoms with Gasteiger partial charge in [0.25, 0.3) is 0 Å². The number of hydrogen-bond donors (Lipinski definition) is 2. The molecule has 0 aliphatic carbocycles. The first-order valence-electron chi connectivity index (χ1n) is 7.07. The molecule has 2 aliphatic rings. The molecule has 0 spiro atoms. The van der Waals surface area contributed by atoms with Crippen molar-refractivity contribution in [1.29, 1.82) is 0 Å². The van der Waals surface area contributed by atoms with Crippen molar-refractivity contribution in [3.8, 4) is 5.75 Å². The molecule has 0 fully saturated rings. The molecule has 2 N–H and O–H groups in total. The summed E-state index contributed by atoms with van der Waals surface area (Å²) in [5, 5.41) is 12.7. The van der Waals surface area contributed by atoms with Gasteiger partial charge in [0.2, 0.25) is 0 Å². The van der Waals surface area contributed by atoms with E-state index in [0.717, 1.165) is 23.4 Å². The maximum atomic E-state index is 11.1. The average molecular weight is 281 g/mol. The summed E-state index contributed by atoms with van der Waals surface area (Å²) >= 11 is 0. The maximum Gasteiger partial charge on any atom is 0.335 e. The van der Waals surface area contributed by atoms with E-state index in [1.165, 1.54) is 5.56 Å². The summed E-state index contributed by atoms with van der Waals surface area (Å²) in [5.74, 6) is 0.387. The van der Waals surface area contributed by atoms with Crippen LogP contribution in [0.3, 0.4) is 0 Å². The fraction of sp³-hybridized carbons (Fsp3) is 0.235. The number of carbonyl (C=O) groups is 1. The van der Waals surface area contributed by atoms with Crippen LogP contribution >= 0.6 is 0 Å². The Kier molecular flexibility index (Phi) is 2.64. The third-order valence-corrected chi connectivity index (χ3v) is 4.32. The standard InChI is InChI=1S/C17H15NO3/c19-17(20)10-5-6-14-11(7-10)8-12-9-21-15-4-2-1-3-13(15)16(12)18-14/h1-7,12,16,18H,8-9H2,(H,19,20). The molecule has 4 rings (SSSR count). The zero-order valence-corrected chi connectivity index (χ0v) is 11.4. The van der Waals surface area contributed by atoms with Crippen LogP contribution in [0.1, 0.15) is 27.5 Å². The van der Waals surface area contributed by atoms with Gasteiger partial charge in [0.1, 0.15) is 5.75 Å². The largest absolute Gasteiger partial charge is 0.493 e. The molecule has 2 heterocycles. The van der Waals surface area contributed by atoms with Crippen LogP contribution in [0.2, 0.25) is 0 Å². The Balaban J connectivity index is 1.74. The first kappa shape index (κ1) is 12.3. The van der Waals surface area contributed by atoms with Gasteiger partial charge in [-0.25, -0.2) is 4.79 Å². The van der Waals surface area contributed by atoms with Crippen LogP contribution in [0.4, 0.5) is 5.69 Å². The van der Waals surface area contributed by atoms with E-state index in [0.29, 0.717) is 18.1 Å². The van der Waals surface area contributed by atoms with E-state index >= 15 is 0 Å². The van der Waals surface area contributed by atoms with Crippen molar-refractivity contribution in [3.63, 3.8) is 0 Å². The Labute approximate surface area is 122 Å². The minimum absolute atomic E-state index is 0.234. The predicted molar refractivity (Wildman–Crippen MR) is 78.9 cm³/mol. The van der Waals surface area contributed by atoms with E-state index in [9.17, 15) is 4.79 Å². The minimum Gasteiger partial charge on any atom is -0.493 e. The second kappa shape index (κ2) is 4.52. The normalized spacial score (nSPS) is 22.1. The van der Waals surface area contributed by atoms with Gasteiger partial charge in [-0.3, -0.25) is 0 Å². The van der Waals surface area contributed by atoms with Crippen molar-refractivity contribution in [3.05, 3.63) is 59.2 Å². The molecule has 2 atom stereocenters. The number of carboxylic acids is 1. The number of fused-ring (bicyclic) bond motifs is 4. The van der Waals surface area contributed by atoms with E-state index in [2.05, 4.69) is 11.4 Å². The zero-order chi connectivity index (χ0) is 14.4. The number of anilines is 1.